The highest BCUT2D eigenvalue weighted by atomic mass is 35.5. The van der Waals surface area contributed by atoms with Crippen molar-refractivity contribution in [2.24, 2.45) is 0 Å². The molecule has 0 unspecified atom stereocenters. The van der Waals surface area contributed by atoms with E-state index in [2.05, 4.69) is 61.6 Å². The molecule has 4 heteroatoms. The summed E-state index contributed by atoms with van der Waals surface area (Å²) >= 11 is 0. The van der Waals surface area contributed by atoms with Gasteiger partial charge in [0.25, 0.3) is 0 Å². The van der Waals surface area contributed by atoms with Crippen molar-refractivity contribution in [1.29, 1.82) is 0 Å². The fraction of sp³-hybridized carbons (Fsp3) is 0.400. The molecule has 0 amide bonds. The highest BCUT2D eigenvalue weighted by molar-refractivity contribution is 5.85. The zero-order valence-electron chi connectivity index (χ0n) is 11.8. The van der Waals surface area contributed by atoms with E-state index in [1.807, 2.05) is 10.7 Å². The second kappa shape index (κ2) is 7.19. The first-order valence-corrected chi connectivity index (χ1v) is 6.50. The minimum absolute atomic E-state index is 0. The lowest BCUT2D eigenvalue weighted by atomic mass is 10.1. The van der Waals surface area contributed by atoms with Crippen LogP contribution in [0.2, 0.25) is 0 Å². The summed E-state index contributed by atoms with van der Waals surface area (Å²) < 4.78 is 2.00. The van der Waals surface area contributed by atoms with Gasteiger partial charge >= 0.3 is 0 Å². The van der Waals surface area contributed by atoms with E-state index < -0.39 is 0 Å². The van der Waals surface area contributed by atoms with E-state index in [0.717, 1.165) is 18.8 Å². The highest BCUT2D eigenvalue weighted by Crippen LogP contribution is 2.14. The summed E-state index contributed by atoms with van der Waals surface area (Å²) in [4.78, 5) is 0. The molecular weight excluding hydrogens is 258 g/mol. The van der Waals surface area contributed by atoms with Crippen molar-refractivity contribution in [1.82, 2.24) is 9.78 Å². The average Bonchev–Trinajstić information content (AvgIpc) is 2.73. The SMILES string of the molecule is Cc1cn(C(C)C)nc1NCCc1ccccc1.Cl. The van der Waals surface area contributed by atoms with Crippen molar-refractivity contribution in [3.8, 4) is 0 Å². The summed E-state index contributed by atoms with van der Waals surface area (Å²) in [5.41, 5.74) is 2.56. The number of benzene rings is 1. The molecule has 1 aromatic heterocycles. The minimum Gasteiger partial charge on any atom is -0.368 e. The predicted molar refractivity (Wildman–Crippen MR) is 83.2 cm³/mol. The Morgan fingerprint density at radius 1 is 1.21 bits per heavy atom. The largest absolute Gasteiger partial charge is 0.368 e. The Kier molecular flexibility index (Phi) is 5.90. The van der Waals surface area contributed by atoms with Crippen LogP contribution in [0.3, 0.4) is 0 Å². The molecule has 0 spiro atoms. The van der Waals surface area contributed by atoms with Crippen LogP contribution in [0.4, 0.5) is 5.82 Å². The topological polar surface area (TPSA) is 29.9 Å². The van der Waals surface area contributed by atoms with Crippen molar-refractivity contribution in [3.05, 3.63) is 47.7 Å². The van der Waals surface area contributed by atoms with Crippen LogP contribution < -0.4 is 5.32 Å². The molecule has 19 heavy (non-hydrogen) atoms. The maximum atomic E-state index is 4.55. The summed E-state index contributed by atoms with van der Waals surface area (Å²) in [5, 5.41) is 7.95. The lowest BCUT2D eigenvalue weighted by molar-refractivity contribution is 0.533. The normalized spacial score (nSPS) is 10.3. The van der Waals surface area contributed by atoms with Gasteiger partial charge in [-0.05, 0) is 32.8 Å². The Hall–Kier alpha value is -1.48. The molecule has 1 aromatic carbocycles. The summed E-state index contributed by atoms with van der Waals surface area (Å²) in [6, 6.07) is 10.9. The molecule has 0 aliphatic rings. The molecule has 3 nitrogen and oxygen atoms in total. The van der Waals surface area contributed by atoms with Gasteiger partial charge in [-0.3, -0.25) is 4.68 Å². The number of aromatic nitrogens is 2. The summed E-state index contributed by atoms with van der Waals surface area (Å²) in [5.74, 6) is 1.000. The first-order chi connectivity index (χ1) is 8.66. The first-order valence-electron chi connectivity index (χ1n) is 6.50. The number of aryl methyl sites for hydroxylation is 1. The Morgan fingerprint density at radius 2 is 1.89 bits per heavy atom. The van der Waals surface area contributed by atoms with Crippen LogP contribution in [-0.4, -0.2) is 16.3 Å². The molecule has 0 aliphatic heterocycles. The van der Waals surface area contributed by atoms with Crippen molar-refractivity contribution < 1.29 is 0 Å². The fourth-order valence-electron chi connectivity index (χ4n) is 1.89. The highest BCUT2D eigenvalue weighted by Gasteiger charge is 2.06. The van der Waals surface area contributed by atoms with Gasteiger partial charge in [0, 0.05) is 24.3 Å². The van der Waals surface area contributed by atoms with Crippen molar-refractivity contribution >= 4 is 18.2 Å². The van der Waals surface area contributed by atoms with Crippen molar-refractivity contribution in [2.45, 2.75) is 33.2 Å². The molecule has 0 saturated carbocycles. The molecule has 1 N–H and O–H groups in total. The van der Waals surface area contributed by atoms with Crippen LogP contribution in [0.25, 0.3) is 0 Å². The Bertz CT molecular complexity index is 491. The maximum absolute atomic E-state index is 4.55. The Balaban J connectivity index is 0.00000180. The lowest BCUT2D eigenvalue weighted by Gasteiger charge is -2.05. The van der Waals surface area contributed by atoms with Gasteiger partial charge in [-0.1, -0.05) is 30.3 Å². The minimum atomic E-state index is 0. The molecular formula is C15H22ClN3. The Labute approximate surface area is 121 Å². The summed E-state index contributed by atoms with van der Waals surface area (Å²) in [6.07, 6.45) is 3.12. The molecule has 0 saturated heterocycles. The van der Waals surface area contributed by atoms with E-state index >= 15 is 0 Å². The van der Waals surface area contributed by atoms with Gasteiger partial charge in [-0.25, -0.2) is 0 Å². The van der Waals surface area contributed by atoms with E-state index in [0.29, 0.717) is 6.04 Å². The van der Waals surface area contributed by atoms with E-state index in [1.165, 1.54) is 11.1 Å². The number of nitrogens with one attached hydrogen (secondary N) is 1. The van der Waals surface area contributed by atoms with E-state index in [4.69, 9.17) is 0 Å². The third-order valence-corrected chi connectivity index (χ3v) is 2.99. The second-order valence-corrected chi connectivity index (χ2v) is 4.90. The van der Waals surface area contributed by atoms with Gasteiger partial charge < -0.3 is 5.32 Å². The van der Waals surface area contributed by atoms with E-state index in [-0.39, 0.29) is 12.4 Å². The molecule has 1 heterocycles. The van der Waals surface area contributed by atoms with Gasteiger partial charge in [0.1, 0.15) is 0 Å². The first kappa shape index (κ1) is 15.6. The number of anilines is 1. The molecule has 2 rings (SSSR count). The molecule has 0 radical (unpaired) electrons. The Morgan fingerprint density at radius 3 is 2.47 bits per heavy atom. The van der Waals surface area contributed by atoms with Gasteiger partial charge in [0.05, 0.1) is 0 Å². The van der Waals surface area contributed by atoms with Gasteiger partial charge in [0.15, 0.2) is 5.82 Å². The number of hydrogen-bond acceptors (Lipinski definition) is 2. The van der Waals surface area contributed by atoms with Crippen LogP contribution in [0.5, 0.6) is 0 Å². The van der Waals surface area contributed by atoms with E-state index in [9.17, 15) is 0 Å². The third kappa shape index (κ3) is 4.28. The maximum Gasteiger partial charge on any atom is 0.150 e. The van der Waals surface area contributed by atoms with Gasteiger partial charge in [0.2, 0.25) is 0 Å². The summed E-state index contributed by atoms with van der Waals surface area (Å²) in [7, 11) is 0. The van der Waals surface area contributed by atoms with Crippen LogP contribution in [0.15, 0.2) is 36.5 Å². The van der Waals surface area contributed by atoms with Gasteiger partial charge in [-0.15, -0.1) is 12.4 Å². The standard InChI is InChI=1S/C15H21N3.ClH/c1-12(2)18-11-13(3)15(17-18)16-10-9-14-7-5-4-6-8-14;/h4-8,11-12H,9-10H2,1-3H3,(H,16,17);1H. The number of hydrogen-bond donors (Lipinski definition) is 1. The van der Waals surface area contributed by atoms with Crippen LogP contribution in [0, 0.1) is 6.92 Å². The zero-order valence-corrected chi connectivity index (χ0v) is 12.6. The predicted octanol–water partition coefficient (Wildman–Crippen LogP) is 3.85. The lowest BCUT2D eigenvalue weighted by Crippen LogP contribution is -2.07. The molecule has 0 aliphatic carbocycles. The second-order valence-electron chi connectivity index (χ2n) is 4.90. The molecule has 0 bridgehead atoms. The molecule has 2 aromatic rings. The fourth-order valence-corrected chi connectivity index (χ4v) is 1.89. The summed E-state index contributed by atoms with van der Waals surface area (Å²) in [6.45, 7) is 7.29. The number of nitrogens with zero attached hydrogens (tertiary/aromatic N) is 2. The van der Waals surface area contributed by atoms with Crippen LogP contribution >= 0.6 is 12.4 Å². The third-order valence-electron chi connectivity index (χ3n) is 2.99. The van der Waals surface area contributed by atoms with Crippen LogP contribution in [0.1, 0.15) is 31.0 Å². The molecule has 0 atom stereocenters. The van der Waals surface area contributed by atoms with Gasteiger partial charge in [-0.2, -0.15) is 5.10 Å². The molecule has 104 valence electrons. The average molecular weight is 280 g/mol. The smallest absolute Gasteiger partial charge is 0.150 e. The monoisotopic (exact) mass is 279 g/mol. The van der Waals surface area contributed by atoms with E-state index in [1.54, 1.807) is 0 Å². The van der Waals surface area contributed by atoms with Crippen LogP contribution in [-0.2, 0) is 6.42 Å². The number of halogens is 1. The number of rotatable bonds is 5. The van der Waals surface area contributed by atoms with Crippen molar-refractivity contribution in [2.75, 3.05) is 11.9 Å². The quantitative estimate of drug-likeness (QED) is 0.901. The zero-order chi connectivity index (χ0) is 13.0. The van der Waals surface area contributed by atoms with Crippen molar-refractivity contribution in [3.63, 3.8) is 0 Å². The molecule has 0 fully saturated rings.